The molecule has 5 heteroatoms. The Balaban J connectivity index is 2.66. The van der Waals surface area contributed by atoms with E-state index in [0.29, 0.717) is 0 Å². The van der Waals surface area contributed by atoms with Crippen LogP contribution in [0.25, 0.3) is 0 Å². The number of nitrogens with zero attached hydrogens (tertiary/aromatic N) is 3. The molecule has 0 fully saturated rings. The van der Waals surface area contributed by atoms with Gasteiger partial charge in [-0.3, -0.25) is 4.79 Å². The lowest BCUT2D eigenvalue weighted by Crippen LogP contribution is -2.32. The number of hydrogen-bond donors (Lipinski definition) is 1. The summed E-state index contributed by atoms with van der Waals surface area (Å²) in [5, 5.41) is 10.8. The van der Waals surface area contributed by atoms with Crippen molar-refractivity contribution in [1.82, 2.24) is 15.3 Å². The van der Waals surface area contributed by atoms with E-state index in [0.717, 1.165) is 0 Å². The third-order valence-electron chi connectivity index (χ3n) is 1.31. The number of aromatic nitrogens is 2. The van der Waals surface area contributed by atoms with E-state index in [1.165, 1.54) is 12.4 Å². The van der Waals surface area contributed by atoms with Crippen LogP contribution in [0.4, 0.5) is 0 Å². The maximum atomic E-state index is 11.2. The van der Waals surface area contributed by atoms with Crippen LogP contribution < -0.4 is 5.32 Å². The van der Waals surface area contributed by atoms with Crippen LogP contribution in [0.3, 0.4) is 0 Å². The van der Waals surface area contributed by atoms with Crippen molar-refractivity contribution >= 4 is 5.91 Å². The molecule has 1 aromatic rings. The van der Waals surface area contributed by atoms with E-state index < -0.39 is 11.9 Å². The molecule has 1 N–H and O–H groups in total. The SMILES string of the molecule is C[C@H](C#N)NC(=O)c1ncccn1. The molecule has 0 bridgehead atoms. The van der Waals surface area contributed by atoms with Gasteiger partial charge >= 0.3 is 0 Å². The van der Waals surface area contributed by atoms with Gasteiger partial charge in [0.1, 0.15) is 6.04 Å². The normalized spacial score (nSPS) is 11.4. The molecule has 0 saturated carbocycles. The molecule has 66 valence electrons. The Hall–Kier alpha value is -1.96. The molecule has 0 saturated heterocycles. The summed E-state index contributed by atoms with van der Waals surface area (Å²) in [6.45, 7) is 1.58. The predicted octanol–water partition coefficient (Wildman–Crippen LogP) is 0.118. The number of rotatable bonds is 2. The summed E-state index contributed by atoms with van der Waals surface area (Å²) in [5.74, 6) is -0.362. The highest BCUT2D eigenvalue weighted by molar-refractivity contribution is 5.90. The van der Waals surface area contributed by atoms with Crippen LogP contribution in [0.2, 0.25) is 0 Å². The van der Waals surface area contributed by atoms with E-state index in [9.17, 15) is 4.79 Å². The van der Waals surface area contributed by atoms with Gasteiger partial charge in [0.2, 0.25) is 5.82 Å². The molecule has 0 aliphatic heterocycles. The van der Waals surface area contributed by atoms with Gasteiger partial charge in [-0.15, -0.1) is 0 Å². The minimum absolute atomic E-state index is 0.0737. The summed E-state index contributed by atoms with van der Waals surface area (Å²) in [6, 6.07) is 2.96. The maximum absolute atomic E-state index is 11.2. The largest absolute Gasteiger partial charge is 0.334 e. The Bertz CT molecular complexity index is 330. The smallest absolute Gasteiger partial charge is 0.290 e. The first-order valence-electron chi connectivity index (χ1n) is 3.71. The van der Waals surface area contributed by atoms with Crippen molar-refractivity contribution in [2.24, 2.45) is 0 Å². The van der Waals surface area contributed by atoms with Crippen molar-refractivity contribution in [1.29, 1.82) is 5.26 Å². The van der Waals surface area contributed by atoms with Crippen LogP contribution in [0, 0.1) is 11.3 Å². The van der Waals surface area contributed by atoms with Crippen molar-refractivity contribution in [3.63, 3.8) is 0 Å². The lowest BCUT2D eigenvalue weighted by Gasteiger charge is -2.03. The Morgan fingerprint density at radius 1 is 1.62 bits per heavy atom. The summed E-state index contributed by atoms with van der Waals surface area (Å²) in [6.07, 6.45) is 2.94. The zero-order valence-electron chi connectivity index (χ0n) is 7.06. The van der Waals surface area contributed by atoms with Crippen molar-refractivity contribution in [3.05, 3.63) is 24.3 Å². The Morgan fingerprint density at radius 3 is 2.77 bits per heavy atom. The van der Waals surface area contributed by atoms with E-state index in [1.54, 1.807) is 13.0 Å². The molecule has 0 aliphatic carbocycles. The van der Waals surface area contributed by atoms with Gasteiger partial charge in [0.15, 0.2) is 0 Å². The van der Waals surface area contributed by atoms with Crippen molar-refractivity contribution in [2.45, 2.75) is 13.0 Å². The number of carbonyl (C=O) groups excluding carboxylic acids is 1. The van der Waals surface area contributed by atoms with Gasteiger partial charge in [0.25, 0.3) is 5.91 Å². The highest BCUT2D eigenvalue weighted by Crippen LogP contribution is 1.88. The summed E-state index contributed by atoms with van der Waals surface area (Å²) < 4.78 is 0. The van der Waals surface area contributed by atoms with Gasteiger partial charge in [0.05, 0.1) is 6.07 Å². The second-order valence-corrected chi connectivity index (χ2v) is 2.40. The first-order chi connectivity index (χ1) is 6.24. The van der Waals surface area contributed by atoms with Crippen molar-refractivity contribution in [2.75, 3.05) is 0 Å². The molecule has 0 spiro atoms. The van der Waals surface area contributed by atoms with Gasteiger partial charge in [-0.1, -0.05) is 0 Å². The molecule has 1 atom stereocenters. The molecule has 1 aromatic heterocycles. The van der Waals surface area contributed by atoms with E-state index in [4.69, 9.17) is 5.26 Å². The lowest BCUT2D eigenvalue weighted by molar-refractivity contribution is 0.0937. The van der Waals surface area contributed by atoms with E-state index >= 15 is 0 Å². The van der Waals surface area contributed by atoms with Crippen molar-refractivity contribution in [3.8, 4) is 6.07 Å². The van der Waals surface area contributed by atoms with Crippen LogP contribution >= 0.6 is 0 Å². The molecule has 0 aromatic carbocycles. The summed E-state index contributed by atoms with van der Waals surface area (Å²) in [5.41, 5.74) is 0. The predicted molar refractivity (Wildman–Crippen MR) is 44.6 cm³/mol. The number of nitrogens with one attached hydrogen (secondary N) is 1. The average molecular weight is 176 g/mol. The molecule has 0 radical (unpaired) electrons. The molecule has 1 rings (SSSR count). The fourth-order valence-corrected chi connectivity index (χ4v) is 0.710. The number of amides is 1. The molecule has 13 heavy (non-hydrogen) atoms. The Labute approximate surface area is 75.4 Å². The van der Waals surface area contributed by atoms with Crippen molar-refractivity contribution < 1.29 is 4.79 Å². The summed E-state index contributed by atoms with van der Waals surface area (Å²) in [4.78, 5) is 18.7. The molecule has 0 unspecified atom stereocenters. The fourth-order valence-electron chi connectivity index (χ4n) is 0.710. The molecular formula is C8H8N4O. The van der Waals surface area contributed by atoms with Crippen LogP contribution in [-0.2, 0) is 0 Å². The second kappa shape index (κ2) is 4.16. The van der Waals surface area contributed by atoms with Crippen LogP contribution in [0.15, 0.2) is 18.5 Å². The molecule has 1 amide bonds. The number of carbonyl (C=O) groups is 1. The van der Waals surface area contributed by atoms with E-state index in [1.807, 2.05) is 6.07 Å². The zero-order valence-corrected chi connectivity index (χ0v) is 7.06. The van der Waals surface area contributed by atoms with Crippen LogP contribution in [0.1, 0.15) is 17.5 Å². The Kier molecular flexibility index (Phi) is 2.92. The standard InChI is InChI=1S/C8H8N4O/c1-6(5-9)12-8(13)7-10-3-2-4-11-7/h2-4,6H,1H3,(H,12,13)/t6-/m1/s1. The first kappa shape index (κ1) is 9.13. The highest BCUT2D eigenvalue weighted by Gasteiger charge is 2.10. The summed E-state index contributed by atoms with van der Waals surface area (Å²) >= 11 is 0. The van der Waals surface area contributed by atoms with E-state index in [2.05, 4.69) is 15.3 Å². The number of nitriles is 1. The average Bonchev–Trinajstić information content (AvgIpc) is 2.19. The molecule has 1 heterocycles. The fraction of sp³-hybridized carbons (Fsp3) is 0.250. The molecule has 0 aliphatic rings. The third kappa shape index (κ3) is 2.52. The van der Waals surface area contributed by atoms with Gasteiger partial charge < -0.3 is 5.32 Å². The molecule has 5 nitrogen and oxygen atoms in total. The zero-order chi connectivity index (χ0) is 9.68. The van der Waals surface area contributed by atoms with Gasteiger partial charge in [-0.2, -0.15) is 5.26 Å². The molecular weight excluding hydrogens is 168 g/mol. The minimum Gasteiger partial charge on any atom is -0.334 e. The lowest BCUT2D eigenvalue weighted by atomic mass is 10.3. The third-order valence-corrected chi connectivity index (χ3v) is 1.31. The maximum Gasteiger partial charge on any atom is 0.290 e. The van der Waals surface area contributed by atoms with Gasteiger partial charge in [-0.25, -0.2) is 9.97 Å². The van der Waals surface area contributed by atoms with Gasteiger partial charge in [0, 0.05) is 12.4 Å². The highest BCUT2D eigenvalue weighted by atomic mass is 16.2. The minimum atomic E-state index is -0.531. The summed E-state index contributed by atoms with van der Waals surface area (Å²) in [7, 11) is 0. The number of hydrogen-bond acceptors (Lipinski definition) is 4. The van der Waals surface area contributed by atoms with Crippen LogP contribution in [-0.4, -0.2) is 21.9 Å². The van der Waals surface area contributed by atoms with E-state index in [-0.39, 0.29) is 5.82 Å². The Morgan fingerprint density at radius 2 is 2.23 bits per heavy atom. The first-order valence-corrected chi connectivity index (χ1v) is 3.71. The van der Waals surface area contributed by atoms with Gasteiger partial charge in [-0.05, 0) is 13.0 Å². The monoisotopic (exact) mass is 176 g/mol. The topological polar surface area (TPSA) is 78.7 Å². The van der Waals surface area contributed by atoms with Crippen LogP contribution in [0.5, 0.6) is 0 Å². The quantitative estimate of drug-likeness (QED) is 0.694. The second-order valence-electron chi connectivity index (χ2n) is 2.40.